The number of benzene rings is 1. The predicted molar refractivity (Wildman–Crippen MR) is 104 cm³/mol. The van der Waals surface area contributed by atoms with Gasteiger partial charge in [0.1, 0.15) is 18.2 Å². The molecular formula is C20H32N2O5. The van der Waals surface area contributed by atoms with Crippen LogP contribution >= 0.6 is 0 Å². The summed E-state index contributed by atoms with van der Waals surface area (Å²) in [6.45, 7) is 10.5. The van der Waals surface area contributed by atoms with E-state index >= 15 is 0 Å². The summed E-state index contributed by atoms with van der Waals surface area (Å²) in [4.78, 5) is 33.9. The minimum Gasteiger partial charge on any atom is -0.480 e. The Labute approximate surface area is 161 Å². The van der Waals surface area contributed by atoms with Gasteiger partial charge in [0.15, 0.2) is 0 Å². The molecule has 0 aliphatic rings. The van der Waals surface area contributed by atoms with Gasteiger partial charge in [-0.3, -0.25) is 9.59 Å². The summed E-state index contributed by atoms with van der Waals surface area (Å²) in [5.41, 5.74) is 0.659. The number of carbonyl (C=O) groups is 3. The maximum absolute atomic E-state index is 11.8. The molecule has 7 nitrogen and oxygen atoms in total. The van der Waals surface area contributed by atoms with E-state index in [4.69, 9.17) is 9.84 Å². The van der Waals surface area contributed by atoms with Crippen LogP contribution in [-0.4, -0.2) is 41.3 Å². The van der Waals surface area contributed by atoms with Gasteiger partial charge in [0.05, 0.1) is 0 Å². The smallest absolute Gasteiger partial charge is 0.408 e. The zero-order valence-electron chi connectivity index (χ0n) is 17.0. The SMILES string of the molecule is CC(C)C[C@H](NC(=O)OC(C)(C)C)C(=O)NCC(=O)O.Cc1ccccc1. The molecule has 0 saturated carbocycles. The summed E-state index contributed by atoms with van der Waals surface area (Å²) in [6.07, 6.45) is -0.307. The van der Waals surface area contributed by atoms with Gasteiger partial charge in [-0.25, -0.2) is 4.79 Å². The number of hydrogen-bond donors (Lipinski definition) is 3. The molecule has 0 saturated heterocycles. The molecule has 0 fully saturated rings. The fraction of sp³-hybridized carbons (Fsp3) is 0.550. The zero-order chi connectivity index (χ0) is 21.0. The number of aryl methyl sites for hydroxylation is 1. The lowest BCUT2D eigenvalue weighted by atomic mass is 10.0. The van der Waals surface area contributed by atoms with Crippen LogP contribution in [0.4, 0.5) is 4.79 Å². The normalized spacial score (nSPS) is 11.7. The summed E-state index contributed by atoms with van der Waals surface area (Å²) in [5.74, 6) is -1.52. The van der Waals surface area contributed by atoms with Gasteiger partial charge in [0.2, 0.25) is 5.91 Å². The molecule has 3 N–H and O–H groups in total. The molecule has 152 valence electrons. The second kappa shape index (κ2) is 11.9. The topological polar surface area (TPSA) is 105 Å². The van der Waals surface area contributed by atoms with Crippen LogP contribution in [0.5, 0.6) is 0 Å². The molecule has 0 aromatic heterocycles. The highest BCUT2D eigenvalue weighted by Crippen LogP contribution is 2.09. The number of hydrogen-bond acceptors (Lipinski definition) is 4. The Morgan fingerprint density at radius 1 is 1.11 bits per heavy atom. The Morgan fingerprint density at radius 2 is 1.67 bits per heavy atom. The van der Waals surface area contributed by atoms with Crippen molar-refractivity contribution in [2.24, 2.45) is 5.92 Å². The molecule has 0 spiro atoms. The van der Waals surface area contributed by atoms with Crippen molar-refractivity contribution in [1.82, 2.24) is 10.6 Å². The number of rotatable bonds is 6. The highest BCUT2D eigenvalue weighted by atomic mass is 16.6. The summed E-state index contributed by atoms with van der Waals surface area (Å²) >= 11 is 0. The first-order valence-electron chi connectivity index (χ1n) is 8.91. The summed E-state index contributed by atoms with van der Waals surface area (Å²) in [7, 11) is 0. The number of amides is 2. The highest BCUT2D eigenvalue weighted by molar-refractivity contribution is 5.87. The van der Waals surface area contributed by atoms with Crippen molar-refractivity contribution in [3.05, 3.63) is 35.9 Å². The van der Waals surface area contributed by atoms with E-state index in [1.807, 2.05) is 32.0 Å². The predicted octanol–water partition coefficient (Wildman–Crippen LogP) is 3.12. The quantitative estimate of drug-likeness (QED) is 0.703. The molecule has 0 aliphatic heterocycles. The maximum atomic E-state index is 11.8. The lowest BCUT2D eigenvalue weighted by Crippen LogP contribution is -2.49. The van der Waals surface area contributed by atoms with Crippen LogP contribution < -0.4 is 10.6 Å². The Morgan fingerprint density at radius 3 is 2.04 bits per heavy atom. The number of alkyl carbamates (subject to hydrolysis) is 1. The van der Waals surface area contributed by atoms with E-state index in [0.717, 1.165) is 0 Å². The summed E-state index contributed by atoms with van der Waals surface area (Å²) < 4.78 is 5.08. The van der Waals surface area contributed by atoms with E-state index in [0.29, 0.717) is 6.42 Å². The summed E-state index contributed by atoms with van der Waals surface area (Å²) in [5, 5.41) is 13.2. The lowest BCUT2D eigenvalue weighted by Gasteiger charge is -2.24. The largest absolute Gasteiger partial charge is 0.480 e. The van der Waals surface area contributed by atoms with Crippen LogP contribution in [0.3, 0.4) is 0 Å². The zero-order valence-corrected chi connectivity index (χ0v) is 17.0. The second-order valence-electron chi connectivity index (χ2n) is 7.59. The molecule has 27 heavy (non-hydrogen) atoms. The molecule has 0 bridgehead atoms. The third-order valence-electron chi connectivity index (χ3n) is 3.07. The molecule has 1 aromatic rings. The van der Waals surface area contributed by atoms with Crippen LogP contribution in [0, 0.1) is 12.8 Å². The highest BCUT2D eigenvalue weighted by Gasteiger charge is 2.25. The molecule has 1 aromatic carbocycles. The van der Waals surface area contributed by atoms with E-state index in [1.165, 1.54) is 5.56 Å². The minimum atomic E-state index is -1.14. The van der Waals surface area contributed by atoms with Gasteiger partial charge in [-0.05, 0) is 40.0 Å². The summed E-state index contributed by atoms with van der Waals surface area (Å²) in [6, 6.07) is 9.45. The van der Waals surface area contributed by atoms with Gasteiger partial charge in [-0.1, -0.05) is 49.7 Å². The number of carboxylic acid groups (broad SMARTS) is 1. The first-order valence-corrected chi connectivity index (χ1v) is 8.91. The molecule has 0 aliphatic carbocycles. The Balaban J connectivity index is 0.000000797. The second-order valence-corrected chi connectivity index (χ2v) is 7.59. The van der Waals surface area contributed by atoms with E-state index in [-0.39, 0.29) is 5.92 Å². The van der Waals surface area contributed by atoms with Crippen LogP contribution in [0.1, 0.15) is 46.6 Å². The fourth-order valence-electron chi connectivity index (χ4n) is 1.97. The molecule has 2 amide bonds. The van der Waals surface area contributed by atoms with Crippen LogP contribution in [-0.2, 0) is 14.3 Å². The average molecular weight is 380 g/mol. The fourth-order valence-corrected chi connectivity index (χ4v) is 1.97. The number of nitrogens with one attached hydrogen (secondary N) is 2. The van der Waals surface area contributed by atoms with E-state index in [1.54, 1.807) is 20.8 Å². The van der Waals surface area contributed by atoms with Crippen molar-refractivity contribution in [2.75, 3.05) is 6.54 Å². The van der Waals surface area contributed by atoms with Gasteiger partial charge in [-0.2, -0.15) is 0 Å². The van der Waals surface area contributed by atoms with Crippen molar-refractivity contribution in [1.29, 1.82) is 0 Å². The Bertz CT molecular complexity index is 594. The standard InChI is InChI=1S/C13H24N2O5.C7H8/c1-8(2)6-9(11(18)14-7-10(16)17)15-12(19)20-13(3,4)5;1-7-5-3-2-4-6-7/h8-9H,6-7H2,1-5H3,(H,14,18)(H,15,19)(H,16,17);2-6H,1H3/t9-;/m0./s1. The Hall–Kier alpha value is -2.57. The van der Waals surface area contributed by atoms with E-state index in [9.17, 15) is 14.4 Å². The van der Waals surface area contributed by atoms with Crippen molar-refractivity contribution in [3.63, 3.8) is 0 Å². The molecule has 7 heteroatoms. The van der Waals surface area contributed by atoms with E-state index < -0.39 is 36.2 Å². The molecule has 0 radical (unpaired) electrons. The van der Waals surface area contributed by atoms with Crippen molar-refractivity contribution in [2.45, 2.75) is 59.6 Å². The number of ether oxygens (including phenoxy) is 1. The van der Waals surface area contributed by atoms with Gasteiger partial charge >= 0.3 is 12.1 Å². The number of aliphatic carboxylic acids is 1. The van der Waals surface area contributed by atoms with Gasteiger partial charge in [0.25, 0.3) is 0 Å². The third kappa shape index (κ3) is 14.3. The molecule has 1 atom stereocenters. The monoisotopic (exact) mass is 380 g/mol. The molecule has 1 rings (SSSR count). The molecule has 0 unspecified atom stereocenters. The lowest BCUT2D eigenvalue weighted by molar-refractivity contribution is -0.138. The average Bonchev–Trinajstić information content (AvgIpc) is 2.51. The minimum absolute atomic E-state index is 0.158. The van der Waals surface area contributed by atoms with Crippen LogP contribution in [0.25, 0.3) is 0 Å². The molecule has 0 heterocycles. The van der Waals surface area contributed by atoms with Gasteiger partial charge < -0.3 is 20.5 Å². The molecular weight excluding hydrogens is 348 g/mol. The van der Waals surface area contributed by atoms with Crippen molar-refractivity contribution < 1.29 is 24.2 Å². The maximum Gasteiger partial charge on any atom is 0.408 e. The van der Waals surface area contributed by atoms with Crippen LogP contribution in [0.15, 0.2) is 30.3 Å². The Kier molecular flexibility index (Phi) is 10.8. The van der Waals surface area contributed by atoms with Crippen LogP contribution in [0.2, 0.25) is 0 Å². The number of carboxylic acids is 1. The van der Waals surface area contributed by atoms with Gasteiger partial charge in [-0.15, -0.1) is 0 Å². The third-order valence-corrected chi connectivity index (χ3v) is 3.07. The van der Waals surface area contributed by atoms with Gasteiger partial charge in [0, 0.05) is 0 Å². The first-order chi connectivity index (χ1) is 12.4. The van der Waals surface area contributed by atoms with Crippen molar-refractivity contribution in [3.8, 4) is 0 Å². The van der Waals surface area contributed by atoms with E-state index in [2.05, 4.69) is 29.7 Å². The first kappa shape index (κ1) is 24.4. The number of carbonyl (C=O) groups excluding carboxylic acids is 2. The van der Waals surface area contributed by atoms with Crippen molar-refractivity contribution >= 4 is 18.0 Å².